The molecule has 2 aromatic rings. The molecule has 21 heavy (non-hydrogen) atoms. The van der Waals surface area contributed by atoms with Gasteiger partial charge in [0.15, 0.2) is 0 Å². The molecular formula is C18H21ClN2. The number of rotatable bonds is 2. The smallest absolute Gasteiger partial charge is 0.0484 e. The fourth-order valence-electron chi connectivity index (χ4n) is 2.86. The molecule has 1 heterocycles. The Bertz CT molecular complexity index is 631. The summed E-state index contributed by atoms with van der Waals surface area (Å²) in [7, 11) is 2.18. The van der Waals surface area contributed by atoms with Crippen LogP contribution in [0.2, 0.25) is 5.02 Å². The molecule has 3 heteroatoms. The number of aryl methyl sites for hydroxylation is 1. The van der Waals surface area contributed by atoms with Crippen LogP contribution in [0.1, 0.15) is 5.56 Å². The molecule has 0 unspecified atom stereocenters. The second-order valence-electron chi connectivity index (χ2n) is 5.77. The maximum absolute atomic E-state index is 6.34. The van der Waals surface area contributed by atoms with Crippen molar-refractivity contribution in [3.63, 3.8) is 0 Å². The molecule has 1 aliphatic rings. The van der Waals surface area contributed by atoms with E-state index in [1.54, 1.807) is 0 Å². The van der Waals surface area contributed by atoms with Crippen LogP contribution >= 0.6 is 11.6 Å². The lowest BCUT2D eigenvalue weighted by molar-refractivity contribution is 0.312. The predicted molar refractivity (Wildman–Crippen MR) is 91.3 cm³/mol. The van der Waals surface area contributed by atoms with Crippen molar-refractivity contribution in [3.8, 4) is 11.1 Å². The Hall–Kier alpha value is -1.51. The van der Waals surface area contributed by atoms with Gasteiger partial charge >= 0.3 is 0 Å². The van der Waals surface area contributed by atoms with Gasteiger partial charge in [-0.25, -0.2) is 0 Å². The third-order valence-electron chi connectivity index (χ3n) is 4.24. The molecule has 0 N–H and O–H groups in total. The number of benzene rings is 2. The number of hydrogen-bond donors (Lipinski definition) is 0. The quantitative estimate of drug-likeness (QED) is 0.825. The van der Waals surface area contributed by atoms with Crippen molar-refractivity contribution < 1.29 is 0 Å². The highest BCUT2D eigenvalue weighted by atomic mass is 35.5. The van der Waals surface area contributed by atoms with Gasteiger partial charge in [-0.05, 0) is 37.2 Å². The van der Waals surface area contributed by atoms with Gasteiger partial charge in [0.1, 0.15) is 0 Å². The van der Waals surface area contributed by atoms with E-state index in [0.717, 1.165) is 36.8 Å². The molecule has 0 amide bonds. The maximum atomic E-state index is 6.34. The summed E-state index contributed by atoms with van der Waals surface area (Å²) in [5, 5.41) is 0.811. The zero-order valence-corrected chi connectivity index (χ0v) is 13.4. The number of nitrogens with zero attached hydrogens (tertiary/aromatic N) is 2. The summed E-state index contributed by atoms with van der Waals surface area (Å²) in [4.78, 5) is 4.86. The highest BCUT2D eigenvalue weighted by molar-refractivity contribution is 6.33. The van der Waals surface area contributed by atoms with Crippen LogP contribution in [0.5, 0.6) is 0 Å². The monoisotopic (exact) mass is 300 g/mol. The van der Waals surface area contributed by atoms with Crippen LogP contribution in [-0.4, -0.2) is 38.1 Å². The Balaban J connectivity index is 1.95. The molecule has 1 saturated heterocycles. The van der Waals surface area contributed by atoms with E-state index in [-0.39, 0.29) is 0 Å². The number of halogens is 1. The fraction of sp³-hybridized carbons (Fsp3) is 0.333. The minimum absolute atomic E-state index is 0.811. The van der Waals surface area contributed by atoms with Gasteiger partial charge in [-0.2, -0.15) is 0 Å². The average Bonchev–Trinajstić information content (AvgIpc) is 2.50. The lowest BCUT2D eigenvalue weighted by atomic mass is 10.0. The summed E-state index contributed by atoms with van der Waals surface area (Å²) in [6.45, 7) is 6.60. The van der Waals surface area contributed by atoms with Crippen LogP contribution in [0.15, 0.2) is 42.5 Å². The van der Waals surface area contributed by atoms with Crippen molar-refractivity contribution in [1.82, 2.24) is 4.90 Å². The highest BCUT2D eigenvalue weighted by Crippen LogP contribution is 2.32. The van der Waals surface area contributed by atoms with Gasteiger partial charge < -0.3 is 9.80 Å². The molecule has 0 radical (unpaired) electrons. The number of hydrogen-bond acceptors (Lipinski definition) is 2. The first kappa shape index (κ1) is 14.4. The minimum Gasteiger partial charge on any atom is -0.369 e. The van der Waals surface area contributed by atoms with Gasteiger partial charge in [0.2, 0.25) is 0 Å². The van der Waals surface area contributed by atoms with Crippen molar-refractivity contribution in [3.05, 3.63) is 53.1 Å². The van der Waals surface area contributed by atoms with E-state index >= 15 is 0 Å². The standard InChI is InChI=1S/C18H21ClN2/c1-14-7-8-15(16-5-3-4-6-17(16)19)13-18(14)21-11-9-20(2)10-12-21/h3-8,13H,9-12H2,1-2H3. The van der Waals surface area contributed by atoms with Gasteiger partial charge in [0.25, 0.3) is 0 Å². The van der Waals surface area contributed by atoms with Crippen LogP contribution < -0.4 is 4.90 Å². The zero-order chi connectivity index (χ0) is 14.8. The van der Waals surface area contributed by atoms with Gasteiger partial charge in [0.05, 0.1) is 0 Å². The molecule has 0 saturated carbocycles. The van der Waals surface area contributed by atoms with Crippen LogP contribution in [0.25, 0.3) is 11.1 Å². The molecule has 0 spiro atoms. The van der Waals surface area contributed by atoms with E-state index in [0.29, 0.717) is 0 Å². The zero-order valence-electron chi connectivity index (χ0n) is 12.6. The van der Waals surface area contributed by atoms with Crippen LogP contribution in [0.4, 0.5) is 5.69 Å². The molecule has 0 aromatic heterocycles. The van der Waals surface area contributed by atoms with Crippen molar-refractivity contribution in [2.45, 2.75) is 6.92 Å². The van der Waals surface area contributed by atoms with E-state index in [1.807, 2.05) is 18.2 Å². The topological polar surface area (TPSA) is 6.48 Å². The van der Waals surface area contributed by atoms with Gasteiger partial charge in [0, 0.05) is 42.5 Å². The second kappa shape index (κ2) is 6.08. The van der Waals surface area contributed by atoms with Crippen molar-refractivity contribution >= 4 is 17.3 Å². The van der Waals surface area contributed by atoms with Crippen LogP contribution in [0.3, 0.4) is 0 Å². The van der Waals surface area contributed by atoms with E-state index in [4.69, 9.17) is 11.6 Å². The SMILES string of the molecule is Cc1ccc(-c2ccccc2Cl)cc1N1CCN(C)CC1. The molecule has 1 fully saturated rings. The van der Waals surface area contributed by atoms with E-state index in [2.05, 4.69) is 48.0 Å². The Kier molecular flexibility index (Phi) is 4.18. The summed E-state index contributed by atoms with van der Waals surface area (Å²) >= 11 is 6.34. The first-order chi connectivity index (χ1) is 10.1. The van der Waals surface area contributed by atoms with Crippen molar-refractivity contribution in [1.29, 1.82) is 0 Å². The molecular weight excluding hydrogens is 280 g/mol. The predicted octanol–water partition coefficient (Wildman–Crippen LogP) is 4.07. The Morgan fingerprint density at radius 1 is 0.952 bits per heavy atom. The first-order valence-corrected chi connectivity index (χ1v) is 7.82. The molecule has 2 aromatic carbocycles. The number of piperazine rings is 1. The lowest BCUT2D eigenvalue weighted by Crippen LogP contribution is -2.44. The summed E-state index contributed by atoms with van der Waals surface area (Å²) in [6, 6.07) is 14.7. The summed E-state index contributed by atoms with van der Waals surface area (Å²) in [5.74, 6) is 0. The summed E-state index contributed by atoms with van der Waals surface area (Å²) in [6.07, 6.45) is 0. The Morgan fingerprint density at radius 2 is 1.67 bits per heavy atom. The van der Waals surface area contributed by atoms with Gasteiger partial charge in [-0.15, -0.1) is 0 Å². The molecule has 0 atom stereocenters. The fourth-order valence-corrected chi connectivity index (χ4v) is 3.11. The highest BCUT2D eigenvalue weighted by Gasteiger charge is 2.16. The average molecular weight is 301 g/mol. The Labute approximate surface area is 131 Å². The van der Waals surface area contributed by atoms with Gasteiger partial charge in [-0.3, -0.25) is 0 Å². The molecule has 110 valence electrons. The summed E-state index contributed by atoms with van der Waals surface area (Å²) in [5.41, 5.74) is 4.96. The number of anilines is 1. The molecule has 2 nitrogen and oxygen atoms in total. The normalized spacial score (nSPS) is 16.2. The molecule has 0 bridgehead atoms. The third-order valence-corrected chi connectivity index (χ3v) is 4.57. The maximum Gasteiger partial charge on any atom is 0.0484 e. The molecule has 1 aliphatic heterocycles. The molecule has 0 aliphatic carbocycles. The summed E-state index contributed by atoms with van der Waals surface area (Å²) < 4.78 is 0. The minimum atomic E-state index is 0.811. The van der Waals surface area contributed by atoms with E-state index in [1.165, 1.54) is 16.8 Å². The van der Waals surface area contributed by atoms with Gasteiger partial charge in [-0.1, -0.05) is 41.9 Å². The first-order valence-electron chi connectivity index (χ1n) is 7.44. The van der Waals surface area contributed by atoms with Crippen molar-refractivity contribution in [2.75, 3.05) is 38.1 Å². The van der Waals surface area contributed by atoms with Crippen LogP contribution in [-0.2, 0) is 0 Å². The lowest BCUT2D eigenvalue weighted by Gasteiger charge is -2.35. The third kappa shape index (κ3) is 3.07. The molecule has 3 rings (SSSR count). The van der Waals surface area contributed by atoms with E-state index in [9.17, 15) is 0 Å². The van der Waals surface area contributed by atoms with Crippen molar-refractivity contribution in [2.24, 2.45) is 0 Å². The number of likely N-dealkylation sites (N-methyl/N-ethyl adjacent to an activating group) is 1. The van der Waals surface area contributed by atoms with Crippen LogP contribution in [0, 0.1) is 6.92 Å². The van der Waals surface area contributed by atoms with E-state index < -0.39 is 0 Å². The second-order valence-corrected chi connectivity index (χ2v) is 6.18. The largest absolute Gasteiger partial charge is 0.369 e. The Morgan fingerprint density at radius 3 is 2.38 bits per heavy atom.